The molecule has 2 fully saturated rings. The van der Waals surface area contributed by atoms with Crippen LogP contribution in [0, 0.1) is 6.92 Å². The number of nitrogens with zero attached hydrogens (tertiary/aromatic N) is 5. The molecule has 4 rings (SSSR count). The number of ether oxygens (including phenoxy) is 2. The number of carbonyl (C=O) groups is 2. The van der Waals surface area contributed by atoms with E-state index in [0.717, 1.165) is 74.5 Å². The van der Waals surface area contributed by atoms with Crippen molar-refractivity contribution < 1.29 is 19.1 Å². The summed E-state index contributed by atoms with van der Waals surface area (Å²) >= 11 is 0. The first-order valence-corrected chi connectivity index (χ1v) is 17.4. The van der Waals surface area contributed by atoms with Crippen molar-refractivity contribution in [3.05, 3.63) is 47.2 Å². The zero-order valence-corrected chi connectivity index (χ0v) is 29.7. The van der Waals surface area contributed by atoms with Gasteiger partial charge in [0.25, 0.3) is 0 Å². The molecule has 0 bridgehead atoms. The Labute approximate surface area is 281 Å². The Balaban J connectivity index is 1.38. The lowest BCUT2D eigenvalue weighted by molar-refractivity contribution is 0.00970. The first-order valence-electron chi connectivity index (χ1n) is 17.4. The van der Waals surface area contributed by atoms with Gasteiger partial charge >= 0.3 is 12.2 Å². The first-order chi connectivity index (χ1) is 22.3. The number of aryl methyl sites for hydroxylation is 1. The van der Waals surface area contributed by atoms with Gasteiger partial charge in [0, 0.05) is 70.2 Å². The van der Waals surface area contributed by atoms with Crippen LogP contribution in [-0.2, 0) is 22.6 Å². The molecule has 2 amide bonds. The third kappa shape index (κ3) is 12.2. The summed E-state index contributed by atoms with van der Waals surface area (Å²) in [6.07, 6.45) is 5.42. The van der Waals surface area contributed by atoms with Gasteiger partial charge in [-0.1, -0.05) is 43.5 Å². The average molecular weight is 652 g/mol. The number of amides is 2. The number of rotatable bonds is 11. The van der Waals surface area contributed by atoms with E-state index >= 15 is 0 Å². The van der Waals surface area contributed by atoms with Crippen molar-refractivity contribution in [3.63, 3.8) is 0 Å². The van der Waals surface area contributed by atoms with Crippen molar-refractivity contribution in [1.82, 2.24) is 25.1 Å². The van der Waals surface area contributed by atoms with Crippen LogP contribution in [0.25, 0.3) is 0 Å². The third-order valence-electron chi connectivity index (χ3n) is 8.25. The SMILES string of the molecule is Cc1cc(N2CCNCC2)nc(NCc2ccc(CN(CCCN(C(=O)OC(C)(C)C)C3CCCCC3)C(=O)OC(C)(C)C)cc2)n1. The minimum Gasteiger partial charge on any atom is -0.444 e. The minimum absolute atomic E-state index is 0.175. The average Bonchev–Trinajstić information content (AvgIpc) is 3.01. The summed E-state index contributed by atoms with van der Waals surface area (Å²) in [6.45, 7) is 19.1. The molecule has 2 N–H and O–H groups in total. The molecule has 1 aromatic heterocycles. The molecule has 1 aliphatic heterocycles. The molecule has 0 radical (unpaired) electrons. The number of benzene rings is 1. The van der Waals surface area contributed by atoms with Crippen LogP contribution in [0.4, 0.5) is 21.4 Å². The standard InChI is InChI=1S/C36H57N7O4/c1-27-24-31(41-22-18-37-19-23-41)40-32(39-27)38-25-28-14-16-29(17-15-28)26-42(33(44)46-35(2,3)4)20-11-21-43(30-12-9-8-10-13-30)34(45)47-36(5,6)7/h14-17,24,30,37H,8-13,18-23,25-26H2,1-7H3,(H,38,39,40). The van der Waals surface area contributed by atoms with Crippen LogP contribution in [0.3, 0.4) is 0 Å². The molecular weight excluding hydrogens is 594 g/mol. The van der Waals surface area contributed by atoms with Crippen molar-refractivity contribution in [2.24, 2.45) is 0 Å². The number of anilines is 2. The Morgan fingerprint density at radius 3 is 2.15 bits per heavy atom. The molecule has 1 saturated heterocycles. The Bertz CT molecular complexity index is 1290. The lowest BCUT2D eigenvalue weighted by Gasteiger charge is -2.36. The summed E-state index contributed by atoms with van der Waals surface area (Å²) < 4.78 is 11.6. The van der Waals surface area contributed by atoms with Gasteiger partial charge in [-0.2, -0.15) is 4.98 Å². The number of hydrogen-bond donors (Lipinski definition) is 2. The zero-order chi connectivity index (χ0) is 34.0. The summed E-state index contributed by atoms with van der Waals surface area (Å²) in [5.74, 6) is 1.57. The van der Waals surface area contributed by atoms with Gasteiger partial charge in [0.1, 0.15) is 17.0 Å². The van der Waals surface area contributed by atoms with Gasteiger partial charge in [-0.25, -0.2) is 14.6 Å². The van der Waals surface area contributed by atoms with Crippen molar-refractivity contribution in [1.29, 1.82) is 0 Å². The molecule has 2 aliphatic rings. The fraction of sp³-hybridized carbons (Fsp3) is 0.667. The predicted octanol–water partition coefficient (Wildman–Crippen LogP) is 6.50. The highest BCUT2D eigenvalue weighted by atomic mass is 16.6. The number of hydrogen-bond acceptors (Lipinski definition) is 9. The highest BCUT2D eigenvalue weighted by molar-refractivity contribution is 5.69. The van der Waals surface area contributed by atoms with Gasteiger partial charge in [-0.05, 0) is 78.9 Å². The van der Waals surface area contributed by atoms with E-state index in [4.69, 9.17) is 14.5 Å². The molecule has 11 heteroatoms. The molecular formula is C36H57N7O4. The van der Waals surface area contributed by atoms with E-state index in [-0.39, 0.29) is 18.2 Å². The van der Waals surface area contributed by atoms with Crippen molar-refractivity contribution in [2.75, 3.05) is 49.5 Å². The monoisotopic (exact) mass is 651 g/mol. The molecule has 2 heterocycles. The van der Waals surface area contributed by atoms with Gasteiger partial charge in [0.2, 0.25) is 5.95 Å². The molecule has 47 heavy (non-hydrogen) atoms. The summed E-state index contributed by atoms with van der Waals surface area (Å²) in [5.41, 5.74) is 1.85. The highest BCUT2D eigenvalue weighted by Gasteiger charge is 2.30. The van der Waals surface area contributed by atoms with E-state index in [2.05, 4.69) is 32.7 Å². The number of piperazine rings is 1. The first kappa shape index (κ1) is 36.2. The maximum atomic E-state index is 13.3. The Hall–Kier alpha value is -3.60. The topological polar surface area (TPSA) is 112 Å². The van der Waals surface area contributed by atoms with Crippen LogP contribution in [-0.4, -0.2) is 88.5 Å². The fourth-order valence-corrected chi connectivity index (χ4v) is 5.98. The zero-order valence-electron chi connectivity index (χ0n) is 29.7. The molecule has 0 unspecified atom stereocenters. The van der Waals surface area contributed by atoms with Gasteiger partial charge in [-0.3, -0.25) is 0 Å². The molecule has 1 aromatic carbocycles. The Morgan fingerprint density at radius 2 is 1.51 bits per heavy atom. The molecule has 11 nitrogen and oxygen atoms in total. The van der Waals surface area contributed by atoms with E-state index in [1.54, 1.807) is 4.90 Å². The molecule has 0 atom stereocenters. The summed E-state index contributed by atoms with van der Waals surface area (Å²) in [7, 11) is 0. The van der Waals surface area contributed by atoms with Crippen LogP contribution in [0.1, 0.15) is 96.9 Å². The number of carbonyl (C=O) groups excluding carboxylic acids is 2. The van der Waals surface area contributed by atoms with E-state index < -0.39 is 11.2 Å². The molecule has 260 valence electrons. The van der Waals surface area contributed by atoms with Crippen LogP contribution in [0.5, 0.6) is 0 Å². The molecule has 0 spiro atoms. The van der Waals surface area contributed by atoms with Crippen molar-refractivity contribution >= 4 is 24.0 Å². The van der Waals surface area contributed by atoms with Crippen molar-refractivity contribution in [2.45, 2.75) is 117 Å². The summed E-state index contributed by atoms with van der Waals surface area (Å²) in [4.78, 5) is 41.8. The van der Waals surface area contributed by atoms with Crippen LogP contribution >= 0.6 is 0 Å². The summed E-state index contributed by atoms with van der Waals surface area (Å²) in [6, 6.07) is 10.4. The molecule has 1 saturated carbocycles. The normalized spacial score (nSPS) is 16.0. The van der Waals surface area contributed by atoms with Crippen molar-refractivity contribution in [3.8, 4) is 0 Å². The molecule has 1 aliphatic carbocycles. The van der Waals surface area contributed by atoms with E-state index in [1.807, 2.05) is 71.6 Å². The molecule has 2 aromatic rings. The van der Waals surface area contributed by atoms with Gasteiger partial charge < -0.3 is 34.8 Å². The van der Waals surface area contributed by atoms with Gasteiger partial charge in [0.05, 0.1) is 0 Å². The second-order valence-electron chi connectivity index (χ2n) is 14.8. The predicted molar refractivity (Wildman–Crippen MR) is 187 cm³/mol. The van der Waals surface area contributed by atoms with Gasteiger partial charge in [0.15, 0.2) is 0 Å². The summed E-state index contributed by atoms with van der Waals surface area (Å²) in [5, 5.41) is 6.76. The maximum absolute atomic E-state index is 13.3. The maximum Gasteiger partial charge on any atom is 0.410 e. The number of nitrogens with one attached hydrogen (secondary N) is 2. The van der Waals surface area contributed by atoms with Gasteiger partial charge in [-0.15, -0.1) is 0 Å². The smallest absolute Gasteiger partial charge is 0.410 e. The van der Waals surface area contributed by atoms with E-state index in [1.165, 1.54) is 6.42 Å². The lowest BCUT2D eigenvalue weighted by atomic mass is 9.94. The second-order valence-corrected chi connectivity index (χ2v) is 14.8. The lowest BCUT2D eigenvalue weighted by Crippen LogP contribution is -2.45. The van der Waals surface area contributed by atoms with Crippen LogP contribution in [0.2, 0.25) is 0 Å². The largest absolute Gasteiger partial charge is 0.444 e. The third-order valence-corrected chi connectivity index (χ3v) is 8.25. The number of aromatic nitrogens is 2. The van der Waals surface area contributed by atoms with Crippen LogP contribution in [0.15, 0.2) is 30.3 Å². The highest BCUT2D eigenvalue weighted by Crippen LogP contribution is 2.25. The van der Waals surface area contributed by atoms with Crippen LogP contribution < -0.4 is 15.5 Å². The Kier molecular flexibility index (Phi) is 12.7. The quantitative estimate of drug-likeness (QED) is 0.281. The fourth-order valence-electron chi connectivity index (χ4n) is 5.98. The van der Waals surface area contributed by atoms with E-state index in [0.29, 0.717) is 38.5 Å². The van der Waals surface area contributed by atoms with E-state index in [9.17, 15) is 9.59 Å². The minimum atomic E-state index is -0.613. The Morgan fingerprint density at radius 1 is 0.894 bits per heavy atom. The second kappa shape index (κ2) is 16.5.